The Kier molecular flexibility index (Phi) is 9.77. The van der Waals surface area contributed by atoms with E-state index in [1.54, 1.807) is 23.9 Å². The van der Waals surface area contributed by atoms with Gasteiger partial charge in [0.15, 0.2) is 0 Å². The van der Waals surface area contributed by atoms with Crippen LogP contribution in [0.15, 0.2) is 29.2 Å². The van der Waals surface area contributed by atoms with Crippen molar-refractivity contribution in [3.8, 4) is 0 Å². The minimum absolute atomic E-state index is 0.101. The second kappa shape index (κ2) is 11.1. The van der Waals surface area contributed by atoms with Gasteiger partial charge in [-0.3, -0.25) is 0 Å². The third-order valence-corrected chi connectivity index (χ3v) is 5.14. The summed E-state index contributed by atoms with van der Waals surface area (Å²) in [7, 11) is 0. The van der Waals surface area contributed by atoms with E-state index in [1.807, 2.05) is 12.1 Å². The zero-order chi connectivity index (χ0) is 15.5. The van der Waals surface area contributed by atoms with Gasteiger partial charge in [0.25, 0.3) is 0 Å². The molecule has 21 heavy (non-hydrogen) atoms. The van der Waals surface area contributed by atoms with E-state index in [-0.39, 0.29) is 5.82 Å². The van der Waals surface area contributed by atoms with E-state index in [0.29, 0.717) is 6.04 Å². The van der Waals surface area contributed by atoms with Gasteiger partial charge in [-0.1, -0.05) is 58.6 Å². The van der Waals surface area contributed by atoms with Crippen LogP contribution in [-0.4, -0.2) is 18.3 Å². The molecule has 3 heteroatoms. The van der Waals surface area contributed by atoms with Crippen LogP contribution in [0.25, 0.3) is 0 Å². The molecule has 0 aliphatic carbocycles. The summed E-state index contributed by atoms with van der Waals surface area (Å²) >= 11 is 1.63. The smallest absolute Gasteiger partial charge is 0.136 e. The highest BCUT2D eigenvalue weighted by Crippen LogP contribution is 2.25. The molecular formula is C18H30FNS. The summed E-state index contributed by atoms with van der Waals surface area (Å²) in [4.78, 5) is 0.766. The van der Waals surface area contributed by atoms with E-state index < -0.39 is 0 Å². The first-order chi connectivity index (χ1) is 10.2. The fourth-order valence-corrected chi connectivity index (χ4v) is 3.65. The predicted molar refractivity (Wildman–Crippen MR) is 92.5 cm³/mol. The molecule has 0 aliphatic rings. The average Bonchev–Trinajstić information content (AvgIpc) is 2.50. The Morgan fingerprint density at radius 3 is 2.57 bits per heavy atom. The molecule has 0 saturated heterocycles. The maximum atomic E-state index is 13.7. The third kappa shape index (κ3) is 7.32. The normalized spacial score (nSPS) is 14.1. The molecule has 0 saturated carbocycles. The van der Waals surface area contributed by atoms with Crippen molar-refractivity contribution < 1.29 is 4.39 Å². The minimum atomic E-state index is -0.101. The Morgan fingerprint density at radius 1 is 1.19 bits per heavy atom. The minimum Gasteiger partial charge on any atom is -0.313 e. The molecule has 0 bridgehead atoms. The van der Waals surface area contributed by atoms with Crippen LogP contribution in [0, 0.1) is 11.7 Å². The molecular weight excluding hydrogens is 281 g/mol. The fraction of sp³-hybridized carbons (Fsp3) is 0.667. The first-order valence-corrected chi connectivity index (χ1v) is 9.30. The van der Waals surface area contributed by atoms with Crippen molar-refractivity contribution in [2.24, 2.45) is 5.92 Å². The summed E-state index contributed by atoms with van der Waals surface area (Å²) in [6.45, 7) is 7.66. The highest BCUT2D eigenvalue weighted by molar-refractivity contribution is 7.99. The Bertz CT molecular complexity index is 383. The first kappa shape index (κ1) is 18.5. The summed E-state index contributed by atoms with van der Waals surface area (Å²) < 4.78 is 13.7. The zero-order valence-corrected chi connectivity index (χ0v) is 14.5. The maximum Gasteiger partial charge on any atom is 0.136 e. The molecule has 2 unspecified atom stereocenters. The van der Waals surface area contributed by atoms with Gasteiger partial charge >= 0.3 is 0 Å². The van der Waals surface area contributed by atoms with Gasteiger partial charge in [0.2, 0.25) is 0 Å². The molecule has 1 aromatic carbocycles. The van der Waals surface area contributed by atoms with Gasteiger partial charge in [-0.25, -0.2) is 4.39 Å². The van der Waals surface area contributed by atoms with Crippen LogP contribution < -0.4 is 5.32 Å². The van der Waals surface area contributed by atoms with Gasteiger partial charge in [-0.05, 0) is 31.0 Å². The molecule has 1 rings (SSSR count). The molecule has 0 heterocycles. The summed E-state index contributed by atoms with van der Waals surface area (Å²) in [6, 6.07) is 7.54. The highest BCUT2D eigenvalue weighted by Gasteiger charge is 2.15. The Morgan fingerprint density at radius 2 is 1.95 bits per heavy atom. The maximum absolute atomic E-state index is 13.7. The number of hydrogen-bond donors (Lipinski definition) is 1. The molecule has 0 spiro atoms. The summed E-state index contributed by atoms with van der Waals surface area (Å²) in [5, 5.41) is 3.57. The monoisotopic (exact) mass is 311 g/mol. The van der Waals surface area contributed by atoms with E-state index in [2.05, 4.69) is 26.1 Å². The Hall–Kier alpha value is -0.540. The number of hydrogen-bond acceptors (Lipinski definition) is 2. The van der Waals surface area contributed by atoms with Crippen molar-refractivity contribution in [2.75, 3.05) is 12.3 Å². The van der Waals surface area contributed by atoms with Crippen LogP contribution in [0.2, 0.25) is 0 Å². The molecule has 1 nitrogen and oxygen atoms in total. The standard InChI is InChI=1S/C18H30FNS/c1-4-7-10-15(5-2)13-16(20-6-3)14-21-18-12-9-8-11-17(18)19/h8-9,11-12,15-16,20H,4-7,10,13-14H2,1-3H3. The van der Waals surface area contributed by atoms with E-state index in [1.165, 1.54) is 32.1 Å². The number of rotatable bonds is 11. The lowest BCUT2D eigenvalue weighted by Crippen LogP contribution is -2.33. The van der Waals surface area contributed by atoms with Gasteiger partial charge in [0.1, 0.15) is 5.82 Å². The van der Waals surface area contributed by atoms with Gasteiger partial charge in [-0.15, -0.1) is 11.8 Å². The fourth-order valence-electron chi connectivity index (χ4n) is 2.63. The second-order valence-corrected chi connectivity index (χ2v) is 6.71. The Labute approximate surface area is 134 Å². The van der Waals surface area contributed by atoms with Crippen LogP contribution >= 0.6 is 11.8 Å². The van der Waals surface area contributed by atoms with Crippen molar-refractivity contribution in [1.29, 1.82) is 0 Å². The molecule has 0 aliphatic heterocycles. The van der Waals surface area contributed by atoms with Crippen LogP contribution in [-0.2, 0) is 0 Å². The first-order valence-electron chi connectivity index (χ1n) is 8.31. The molecule has 1 aromatic rings. The van der Waals surface area contributed by atoms with Crippen molar-refractivity contribution >= 4 is 11.8 Å². The molecule has 120 valence electrons. The van der Waals surface area contributed by atoms with Crippen LogP contribution in [0.3, 0.4) is 0 Å². The lowest BCUT2D eigenvalue weighted by atomic mass is 9.92. The van der Waals surface area contributed by atoms with Crippen molar-refractivity contribution in [2.45, 2.75) is 63.8 Å². The number of halogens is 1. The molecule has 0 amide bonds. The predicted octanol–water partition coefficient (Wildman–Crippen LogP) is 5.50. The summed E-state index contributed by atoms with van der Waals surface area (Å²) in [6.07, 6.45) is 6.35. The molecule has 2 atom stereocenters. The third-order valence-electron chi connectivity index (χ3n) is 3.93. The largest absolute Gasteiger partial charge is 0.313 e. The second-order valence-electron chi connectivity index (χ2n) is 5.65. The van der Waals surface area contributed by atoms with Crippen LogP contribution in [0.4, 0.5) is 4.39 Å². The molecule has 0 radical (unpaired) electrons. The number of nitrogens with one attached hydrogen (secondary N) is 1. The quantitative estimate of drug-likeness (QED) is 0.541. The van der Waals surface area contributed by atoms with Crippen LogP contribution in [0.5, 0.6) is 0 Å². The van der Waals surface area contributed by atoms with E-state index >= 15 is 0 Å². The van der Waals surface area contributed by atoms with Gasteiger partial charge in [0, 0.05) is 16.7 Å². The zero-order valence-electron chi connectivity index (χ0n) is 13.7. The van der Waals surface area contributed by atoms with Gasteiger partial charge < -0.3 is 5.32 Å². The van der Waals surface area contributed by atoms with Gasteiger partial charge in [0.05, 0.1) is 0 Å². The van der Waals surface area contributed by atoms with Crippen molar-refractivity contribution in [3.05, 3.63) is 30.1 Å². The Balaban J connectivity index is 2.50. The van der Waals surface area contributed by atoms with E-state index in [0.717, 1.165) is 23.1 Å². The highest BCUT2D eigenvalue weighted by atomic mass is 32.2. The van der Waals surface area contributed by atoms with Gasteiger partial charge in [-0.2, -0.15) is 0 Å². The lowest BCUT2D eigenvalue weighted by Gasteiger charge is -2.23. The lowest BCUT2D eigenvalue weighted by molar-refractivity contribution is 0.368. The van der Waals surface area contributed by atoms with E-state index in [4.69, 9.17) is 0 Å². The molecule has 0 fully saturated rings. The molecule has 1 N–H and O–H groups in total. The SMILES string of the molecule is CCCCC(CC)CC(CSc1ccccc1F)NCC. The number of unbranched alkanes of at least 4 members (excludes halogenated alkanes) is 1. The van der Waals surface area contributed by atoms with Crippen molar-refractivity contribution in [3.63, 3.8) is 0 Å². The van der Waals surface area contributed by atoms with Crippen molar-refractivity contribution in [1.82, 2.24) is 5.32 Å². The summed E-state index contributed by atoms with van der Waals surface area (Å²) in [5.41, 5.74) is 0. The molecule has 0 aromatic heterocycles. The number of benzene rings is 1. The average molecular weight is 312 g/mol. The summed E-state index contributed by atoms with van der Waals surface area (Å²) in [5.74, 6) is 1.63. The van der Waals surface area contributed by atoms with Crippen LogP contribution in [0.1, 0.15) is 52.9 Å². The topological polar surface area (TPSA) is 12.0 Å². The number of thioether (sulfide) groups is 1. The van der Waals surface area contributed by atoms with E-state index in [9.17, 15) is 4.39 Å².